The Morgan fingerprint density at radius 3 is 2.43 bits per heavy atom. The maximum absolute atomic E-state index is 13.4. The van der Waals surface area contributed by atoms with Crippen molar-refractivity contribution in [2.24, 2.45) is 0 Å². The number of hydrogen-bond donors (Lipinski definition) is 0. The maximum atomic E-state index is 13.4. The minimum atomic E-state index is -0.622. The Morgan fingerprint density at radius 2 is 1.81 bits per heavy atom. The van der Waals surface area contributed by atoms with E-state index in [9.17, 15) is 25.0 Å². The van der Waals surface area contributed by atoms with Crippen LogP contribution in [0.3, 0.4) is 0 Å². The van der Waals surface area contributed by atoms with Gasteiger partial charge in [0.2, 0.25) is 0 Å². The van der Waals surface area contributed by atoms with E-state index in [4.69, 9.17) is 4.74 Å². The first kappa shape index (κ1) is 25.2. The van der Waals surface area contributed by atoms with Crippen LogP contribution in [-0.2, 0) is 14.3 Å². The molecule has 4 rings (SSSR count). The molecule has 10 heteroatoms. The molecule has 0 radical (unpaired) electrons. The average Bonchev–Trinajstić information content (AvgIpc) is 3.33. The van der Waals surface area contributed by atoms with E-state index < -0.39 is 16.7 Å². The molecule has 2 amide bonds. The van der Waals surface area contributed by atoms with Gasteiger partial charge in [0, 0.05) is 55.3 Å². The topological polar surface area (TPSA) is 131 Å². The summed E-state index contributed by atoms with van der Waals surface area (Å²) in [6.45, 7) is 2.06. The molecule has 0 saturated carbocycles. The number of nitriles is 1. The van der Waals surface area contributed by atoms with Crippen molar-refractivity contribution in [3.63, 3.8) is 0 Å². The molecule has 2 aromatic carbocycles. The standard InChI is InChI=1S/C27H23N5O5/c1-18-23(26(33)30(13-6-14-37-2)27(34)24(18)16-28)15-20-17-31(21-9-11-22(12-10-21)32(35)36)29-25(20)19-7-4-3-5-8-19/h3-5,7-12,15,17H,6,13-14H2,1-2H3/b23-15+. The smallest absolute Gasteiger partial charge is 0.271 e. The third kappa shape index (κ3) is 5.07. The summed E-state index contributed by atoms with van der Waals surface area (Å²) >= 11 is 0. The van der Waals surface area contributed by atoms with Gasteiger partial charge in [-0.3, -0.25) is 24.6 Å². The lowest BCUT2D eigenvalue weighted by Crippen LogP contribution is -2.43. The monoisotopic (exact) mass is 497 g/mol. The van der Waals surface area contributed by atoms with Gasteiger partial charge >= 0.3 is 0 Å². The van der Waals surface area contributed by atoms with Gasteiger partial charge in [0.1, 0.15) is 11.6 Å². The number of ether oxygens (including phenoxy) is 1. The second-order valence-corrected chi connectivity index (χ2v) is 8.30. The predicted molar refractivity (Wildman–Crippen MR) is 135 cm³/mol. The molecule has 0 aliphatic carbocycles. The van der Waals surface area contributed by atoms with Crippen molar-refractivity contribution in [2.75, 3.05) is 20.3 Å². The van der Waals surface area contributed by atoms with Crippen LogP contribution in [-0.4, -0.2) is 51.7 Å². The van der Waals surface area contributed by atoms with Crippen molar-refractivity contribution in [3.8, 4) is 23.0 Å². The first-order valence-electron chi connectivity index (χ1n) is 11.4. The SMILES string of the molecule is COCCCN1C(=O)C(C#N)=C(C)/C(=C\c2cn(-c3ccc([N+](=O)[O-])cc3)nc2-c2ccccc2)C1=O. The Balaban J connectivity index is 1.84. The van der Waals surface area contributed by atoms with Crippen LogP contribution in [0, 0.1) is 21.4 Å². The zero-order valence-electron chi connectivity index (χ0n) is 20.2. The van der Waals surface area contributed by atoms with Crippen LogP contribution in [0.2, 0.25) is 0 Å². The highest BCUT2D eigenvalue weighted by atomic mass is 16.6. The zero-order valence-corrected chi connectivity index (χ0v) is 20.2. The number of methoxy groups -OCH3 is 1. The van der Waals surface area contributed by atoms with Crippen LogP contribution in [0.4, 0.5) is 5.69 Å². The van der Waals surface area contributed by atoms with Gasteiger partial charge in [0.25, 0.3) is 17.5 Å². The quantitative estimate of drug-likeness (QED) is 0.151. The number of benzene rings is 2. The molecule has 186 valence electrons. The summed E-state index contributed by atoms with van der Waals surface area (Å²) in [6, 6.07) is 17.2. The Bertz CT molecular complexity index is 1460. The highest BCUT2D eigenvalue weighted by Crippen LogP contribution is 2.31. The van der Waals surface area contributed by atoms with E-state index in [1.165, 1.54) is 19.2 Å². The fourth-order valence-corrected chi connectivity index (χ4v) is 4.03. The molecule has 0 saturated heterocycles. The lowest BCUT2D eigenvalue weighted by Gasteiger charge is -2.27. The molecule has 0 unspecified atom stereocenters. The molecule has 0 atom stereocenters. The fraction of sp³-hybridized carbons (Fsp3) is 0.185. The van der Waals surface area contributed by atoms with Gasteiger partial charge in [0.05, 0.1) is 16.3 Å². The lowest BCUT2D eigenvalue weighted by atomic mass is 9.93. The number of carbonyl (C=O) groups excluding carboxylic acids is 2. The van der Waals surface area contributed by atoms with E-state index in [2.05, 4.69) is 5.10 Å². The average molecular weight is 498 g/mol. The molecule has 1 aliphatic rings. The van der Waals surface area contributed by atoms with E-state index in [1.54, 1.807) is 36.0 Å². The number of aromatic nitrogens is 2. The lowest BCUT2D eigenvalue weighted by molar-refractivity contribution is -0.384. The van der Waals surface area contributed by atoms with E-state index in [1.807, 2.05) is 36.4 Å². The molecule has 0 N–H and O–H groups in total. The third-order valence-electron chi connectivity index (χ3n) is 5.97. The van der Waals surface area contributed by atoms with Gasteiger partial charge in [-0.15, -0.1) is 0 Å². The number of nitrogens with zero attached hydrogens (tertiary/aromatic N) is 5. The van der Waals surface area contributed by atoms with Gasteiger partial charge < -0.3 is 4.74 Å². The van der Waals surface area contributed by atoms with Crippen molar-refractivity contribution in [1.82, 2.24) is 14.7 Å². The van der Waals surface area contributed by atoms with E-state index >= 15 is 0 Å². The molecule has 10 nitrogen and oxygen atoms in total. The summed E-state index contributed by atoms with van der Waals surface area (Å²) in [7, 11) is 1.53. The Kier molecular flexibility index (Phi) is 7.36. The molecular weight excluding hydrogens is 474 g/mol. The molecule has 1 aliphatic heterocycles. The number of nitro groups is 1. The first-order valence-corrected chi connectivity index (χ1v) is 11.4. The second-order valence-electron chi connectivity index (χ2n) is 8.30. The normalized spacial score (nSPS) is 14.8. The summed E-state index contributed by atoms with van der Waals surface area (Å²) in [5, 5.41) is 25.4. The number of amides is 2. The summed E-state index contributed by atoms with van der Waals surface area (Å²) in [5.41, 5.74) is 2.89. The molecule has 37 heavy (non-hydrogen) atoms. The molecule has 2 heterocycles. The van der Waals surface area contributed by atoms with Crippen LogP contribution < -0.4 is 0 Å². The molecule has 3 aromatic rings. The molecular formula is C27H23N5O5. The van der Waals surface area contributed by atoms with Gasteiger partial charge in [-0.1, -0.05) is 30.3 Å². The third-order valence-corrected chi connectivity index (χ3v) is 5.97. The Labute approximate surface area is 212 Å². The highest BCUT2D eigenvalue weighted by molar-refractivity contribution is 6.19. The maximum Gasteiger partial charge on any atom is 0.271 e. The van der Waals surface area contributed by atoms with Crippen molar-refractivity contribution < 1.29 is 19.2 Å². The van der Waals surface area contributed by atoms with Gasteiger partial charge in [-0.05, 0) is 37.1 Å². The second kappa shape index (κ2) is 10.8. The highest BCUT2D eigenvalue weighted by Gasteiger charge is 2.35. The molecule has 1 aromatic heterocycles. The molecule has 0 spiro atoms. The van der Waals surface area contributed by atoms with Crippen LogP contribution >= 0.6 is 0 Å². The van der Waals surface area contributed by atoms with Gasteiger partial charge in [0.15, 0.2) is 0 Å². The van der Waals surface area contributed by atoms with Crippen molar-refractivity contribution >= 4 is 23.6 Å². The summed E-state index contributed by atoms with van der Waals surface area (Å²) < 4.78 is 6.61. The number of non-ortho nitro benzene ring substituents is 1. The van der Waals surface area contributed by atoms with E-state index in [-0.39, 0.29) is 23.4 Å². The Morgan fingerprint density at radius 1 is 1.11 bits per heavy atom. The first-order chi connectivity index (χ1) is 17.8. The summed E-state index contributed by atoms with van der Waals surface area (Å²) in [4.78, 5) is 37.8. The van der Waals surface area contributed by atoms with Crippen molar-refractivity contribution in [1.29, 1.82) is 5.26 Å². The Hall–Kier alpha value is -4.88. The number of nitro benzene ring substituents is 1. The number of carbonyl (C=O) groups is 2. The summed E-state index contributed by atoms with van der Waals surface area (Å²) in [5.74, 6) is -1.12. The minimum absolute atomic E-state index is 0.0441. The predicted octanol–water partition coefficient (Wildman–Crippen LogP) is 4.08. The molecule has 0 fully saturated rings. The van der Waals surface area contributed by atoms with E-state index in [0.717, 1.165) is 10.5 Å². The van der Waals surface area contributed by atoms with Crippen LogP contribution in [0.25, 0.3) is 23.0 Å². The minimum Gasteiger partial charge on any atom is -0.385 e. The zero-order chi connectivity index (χ0) is 26.5. The summed E-state index contributed by atoms with van der Waals surface area (Å²) in [6.07, 6.45) is 3.77. The van der Waals surface area contributed by atoms with Crippen LogP contribution in [0.15, 0.2) is 77.5 Å². The van der Waals surface area contributed by atoms with Gasteiger partial charge in [-0.25, -0.2) is 4.68 Å². The number of rotatable bonds is 8. The molecule has 0 bridgehead atoms. The largest absolute Gasteiger partial charge is 0.385 e. The van der Waals surface area contributed by atoms with E-state index in [0.29, 0.717) is 35.5 Å². The number of hydrogen-bond acceptors (Lipinski definition) is 7. The number of imide groups is 1. The van der Waals surface area contributed by atoms with Crippen LogP contribution in [0.5, 0.6) is 0 Å². The fourth-order valence-electron chi connectivity index (χ4n) is 4.03. The van der Waals surface area contributed by atoms with Gasteiger partial charge in [-0.2, -0.15) is 10.4 Å². The van der Waals surface area contributed by atoms with Crippen molar-refractivity contribution in [3.05, 3.63) is 93.2 Å². The van der Waals surface area contributed by atoms with Crippen LogP contribution in [0.1, 0.15) is 18.9 Å². The van der Waals surface area contributed by atoms with Crippen molar-refractivity contribution in [2.45, 2.75) is 13.3 Å².